The molecule has 0 aliphatic carbocycles. The molecule has 1 atom stereocenters. The summed E-state index contributed by atoms with van der Waals surface area (Å²) in [5.74, 6) is 0. The summed E-state index contributed by atoms with van der Waals surface area (Å²) in [7, 11) is 3.56. The maximum atomic E-state index is 11.9. The second kappa shape index (κ2) is 5.87. The van der Waals surface area contributed by atoms with E-state index in [-0.39, 0.29) is 12.1 Å². The Morgan fingerprint density at radius 2 is 2.00 bits per heavy atom. The Bertz CT molecular complexity index is 392. The summed E-state index contributed by atoms with van der Waals surface area (Å²) in [5.41, 5.74) is 1.19. The molecule has 2 amide bonds. The maximum Gasteiger partial charge on any atom is 0.319 e. The molecular weight excluding hydrogens is 228 g/mol. The Morgan fingerprint density at radius 3 is 2.67 bits per heavy atom. The van der Waals surface area contributed by atoms with E-state index >= 15 is 0 Å². The van der Waals surface area contributed by atoms with Gasteiger partial charge in [-0.25, -0.2) is 4.79 Å². The fourth-order valence-corrected chi connectivity index (χ4v) is 2.18. The Labute approximate surface area is 108 Å². The summed E-state index contributed by atoms with van der Waals surface area (Å²) >= 11 is 0. The van der Waals surface area contributed by atoms with Gasteiger partial charge < -0.3 is 14.5 Å². The van der Waals surface area contributed by atoms with Gasteiger partial charge in [-0.05, 0) is 12.0 Å². The molecule has 2 rings (SSSR count). The van der Waals surface area contributed by atoms with Crippen LogP contribution in [0.2, 0.25) is 0 Å². The van der Waals surface area contributed by atoms with Crippen molar-refractivity contribution in [3.63, 3.8) is 0 Å². The first-order valence-corrected chi connectivity index (χ1v) is 6.31. The Kier molecular flexibility index (Phi) is 4.20. The average Bonchev–Trinajstić information content (AvgIpc) is 2.64. The molecule has 0 bridgehead atoms. The van der Waals surface area contributed by atoms with E-state index in [9.17, 15) is 4.79 Å². The number of amides is 2. The molecule has 18 heavy (non-hydrogen) atoms. The highest BCUT2D eigenvalue weighted by Gasteiger charge is 2.22. The van der Waals surface area contributed by atoms with Crippen molar-refractivity contribution >= 4 is 6.03 Å². The van der Waals surface area contributed by atoms with Crippen LogP contribution in [0.4, 0.5) is 4.79 Å². The number of carbonyl (C=O) groups is 1. The Balaban J connectivity index is 1.99. The minimum Gasteiger partial charge on any atom is -0.372 e. The van der Waals surface area contributed by atoms with E-state index in [1.165, 1.54) is 5.56 Å². The average molecular weight is 248 g/mol. The van der Waals surface area contributed by atoms with E-state index < -0.39 is 0 Å². The summed E-state index contributed by atoms with van der Waals surface area (Å²) in [6.45, 7) is 2.01. The molecule has 1 aromatic rings. The van der Waals surface area contributed by atoms with E-state index in [4.69, 9.17) is 4.74 Å². The van der Waals surface area contributed by atoms with Crippen LogP contribution in [-0.4, -0.2) is 49.6 Å². The summed E-state index contributed by atoms with van der Waals surface area (Å²) < 4.78 is 5.84. The van der Waals surface area contributed by atoms with Gasteiger partial charge in [0, 0.05) is 27.2 Å². The van der Waals surface area contributed by atoms with Gasteiger partial charge in [0.15, 0.2) is 0 Å². The lowest BCUT2D eigenvalue weighted by molar-refractivity contribution is 0.0621. The molecule has 0 spiro atoms. The van der Waals surface area contributed by atoms with Crippen molar-refractivity contribution in [3.8, 4) is 0 Å². The number of nitrogens with zero attached hydrogens (tertiary/aromatic N) is 2. The van der Waals surface area contributed by atoms with Crippen LogP contribution in [0.5, 0.6) is 0 Å². The van der Waals surface area contributed by atoms with Crippen molar-refractivity contribution in [1.82, 2.24) is 9.80 Å². The van der Waals surface area contributed by atoms with Gasteiger partial charge in [-0.15, -0.1) is 0 Å². The van der Waals surface area contributed by atoms with Crippen molar-refractivity contribution in [1.29, 1.82) is 0 Å². The van der Waals surface area contributed by atoms with Crippen LogP contribution in [0.3, 0.4) is 0 Å². The fraction of sp³-hybridized carbons (Fsp3) is 0.500. The van der Waals surface area contributed by atoms with E-state index in [0.717, 1.165) is 13.0 Å². The van der Waals surface area contributed by atoms with E-state index in [1.54, 1.807) is 19.0 Å². The van der Waals surface area contributed by atoms with Crippen molar-refractivity contribution in [2.24, 2.45) is 0 Å². The van der Waals surface area contributed by atoms with Crippen molar-refractivity contribution < 1.29 is 9.53 Å². The molecule has 1 aromatic carbocycles. The van der Waals surface area contributed by atoms with Crippen LogP contribution in [0, 0.1) is 0 Å². The third-order valence-corrected chi connectivity index (χ3v) is 3.17. The quantitative estimate of drug-likeness (QED) is 0.762. The molecular formula is C14H20N2O2. The fourth-order valence-electron chi connectivity index (χ4n) is 2.18. The smallest absolute Gasteiger partial charge is 0.319 e. The summed E-state index contributed by atoms with van der Waals surface area (Å²) in [6.07, 6.45) is 0.954. The standard InChI is InChI=1S/C14H20N2O2/c1-15(2)14(17)16-9-8-13(18-11-10-16)12-6-4-3-5-7-12/h3-7,13H,8-11H2,1-2H3. The van der Waals surface area contributed by atoms with Crippen LogP contribution in [0.25, 0.3) is 0 Å². The largest absolute Gasteiger partial charge is 0.372 e. The van der Waals surface area contributed by atoms with Gasteiger partial charge in [-0.2, -0.15) is 0 Å². The van der Waals surface area contributed by atoms with Crippen LogP contribution < -0.4 is 0 Å². The SMILES string of the molecule is CN(C)C(=O)N1CCOC(c2ccccc2)CC1. The van der Waals surface area contributed by atoms with Crippen LogP contribution in [0.15, 0.2) is 30.3 Å². The lowest BCUT2D eigenvalue weighted by Crippen LogP contribution is -2.40. The monoisotopic (exact) mass is 248 g/mol. The molecule has 4 nitrogen and oxygen atoms in total. The second-order valence-electron chi connectivity index (χ2n) is 4.72. The molecule has 98 valence electrons. The molecule has 1 fully saturated rings. The van der Waals surface area contributed by atoms with Crippen molar-refractivity contribution in [2.75, 3.05) is 33.8 Å². The lowest BCUT2D eigenvalue weighted by Gasteiger charge is -2.23. The number of benzene rings is 1. The number of hydrogen-bond donors (Lipinski definition) is 0. The van der Waals surface area contributed by atoms with Crippen molar-refractivity contribution in [3.05, 3.63) is 35.9 Å². The van der Waals surface area contributed by atoms with Gasteiger partial charge in [0.25, 0.3) is 0 Å². The number of urea groups is 1. The minimum absolute atomic E-state index is 0.0623. The molecule has 0 radical (unpaired) electrons. The van der Waals surface area contributed by atoms with Gasteiger partial charge >= 0.3 is 6.03 Å². The molecule has 4 heteroatoms. The van der Waals surface area contributed by atoms with E-state index in [0.29, 0.717) is 13.2 Å². The second-order valence-corrected chi connectivity index (χ2v) is 4.72. The first-order chi connectivity index (χ1) is 8.68. The third-order valence-electron chi connectivity index (χ3n) is 3.17. The van der Waals surface area contributed by atoms with Gasteiger partial charge in [0.05, 0.1) is 12.7 Å². The van der Waals surface area contributed by atoms with Gasteiger partial charge in [0.2, 0.25) is 0 Å². The van der Waals surface area contributed by atoms with E-state index in [1.807, 2.05) is 23.1 Å². The Hall–Kier alpha value is -1.55. The highest BCUT2D eigenvalue weighted by atomic mass is 16.5. The molecule has 0 N–H and O–H groups in total. The van der Waals surface area contributed by atoms with Crippen LogP contribution in [0.1, 0.15) is 18.1 Å². The van der Waals surface area contributed by atoms with Gasteiger partial charge in [0.1, 0.15) is 0 Å². The molecule has 0 aromatic heterocycles. The predicted octanol–water partition coefficient (Wildman–Crippen LogP) is 2.13. The van der Waals surface area contributed by atoms with Gasteiger partial charge in [-0.3, -0.25) is 0 Å². The minimum atomic E-state index is 0.0623. The molecule has 1 heterocycles. The zero-order chi connectivity index (χ0) is 13.0. The molecule has 1 saturated heterocycles. The Morgan fingerprint density at radius 1 is 1.28 bits per heavy atom. The highest BCUT2D eigenvalue weighted by molar-refractivity contribution is 5.73. The highest BCUT2D eigenvalue weighted by Crippen LogP contribution is 2.23. The van der Waals surface area contributed by atoms with Crippen LogP contribution >= 0.6 is 0 Å². The first-order valence-electron chi connectivity index (χ1n) is 6.31. The number of rotatable bonds is 1. The van der Waals surface area contributed by atoms with E-state index in [2.05, 4.69) is 12.1 Å². The number of carbonyl (C=O) groups excluding carboxylic acids is 1. The summed E-state index contributed by atoms with van der Waals surface area (Å²) in [4.78, 5) is 15.4. The van der Waals surface area contributed by atoms with Crippen molar-refractivity contribution in [2.45, 2.75) is 12.5 Å². The number of ether oxygens (including phenoxy) is 1. The summed E-state index contributed by atoms with van der Waals surface area (Å²) in [6, 6.07) is 10.3. The van der Waals surface area contributed by atoms with Gasteiger partial charge in [-0.1, -0.05) is 30.3 Å². The number of hydrogen-bond acceptors (Lipinski definition) is 2. The first kappa shape index (κ1) is 12.9. The normalized spacial score (nSPS) is 20.3. The third kappa shape index (κ3) is 3.01. The molecule has 1 aliphatic heterocycles. The molecule has 0 saturated carbocycles. The maximum absolute atomic E-state index is 11.9. The summed E-state index contributed by atoms with van der Waals surface area (Å²) in [5, 5.41) is 0. The lowest BCUT2D eigenvalue weighted by atomic mass is 10.1. The molecule has 1 unspecified atom stereocenters. The molecule has 1 aliphatic rings. The zero-order valence-corrected chi connectivity index (χ0v) is 11.0. The van der Waals surface area contributed by atoms with Crippen LogP contribution in [-0.2, 0) is 4.74 Å². The topological polar surface area (TPSA) is 32.8 Å². The zero-order valence-electron chi connectivity index (χ0n) is 11.0. The predicted molar refractivity (Wildman–Crippen MR) is 70.4 cm³/mol.